The fourth-order valence-electron chi connectivity index (χ4n) is 11.9. The third-order valence-electron chi connectivity index (χ3n) is 14.6. The molecule has 0 aromatic heterocycles. The summed E-state index contributed by atoms with van der Waals surface area (Å²) in [6.45, 7) is 10.4. The molecule has 9 N–H and O–H groups in total. The van der Waals surface area contributed by atoms with Crippen LogP contribution < -0.4 is 0 Å². The Labute approximate surface area is 295 Å². The van der Waals surface area contributed by atoms with Crippen LogP contribution in [0.15, 0.2) is 0 Å². The van der Waals surface area contributed by atoms with Crippen LogP contribution in [0.25, 0.3) is 0 Å². The Kier molecular flexibility index (Phi) is 11.5. The van der Waals surface area contributed by atoms with E-state index in [1.54, 1.807) is 0 Å². The molecule has 6 fully saturated rings. The van der Waals surface area contributed by atoms with Gasteiger partial charge < -0.3 is 64.9 Å². The Balaban J connectivity index is 1.12. The van der Waals surface area contributed by atoms with E-state index in [0.717, 1.165) is 19.3 Å². The fourth-order valence-corrected chi connectivity index (χ4v) is 11.9. The highest BCUT2D eigenvalue weighted by molar-refractivity contribution is 5.20. The zero-order valence-electron chi connectivity index (χ0n) is 30.3. The molecule has 13 heteroatoms. The molecule has 6 aliphatic rings. The molecule has 6 rings (SSSR count). The van der Waals surface area contributed by atoms with Gasteiger partial charge in [0.25, 0.3) is 0 Å². The highest BCUT2D eigenvalue weighted by Crippen LogP contribution is 2.70. The molecule has 13 nitrogen and oxygen atoms in total. The standard InChI is InChI=1S/C37H64O13/c1-17(2)26(50-34-31(45)29(43)25(41)16-48-34)7-6-18(3)20-13-22(38)32-36(20,5)11-9-27-35(4)10-8-19(12-21(35)23(39)14-37(27,32)46)49-33-30(44)28(42)24(40)15-47-33/h17-34,38-46H,6-16H2,1-5H3/t18-,19+,20-,21-,22+,23-,24-,25-,26+,27-,28+,29-,30-,31-,32-,33+,34-,35+,36-,37+/m1/s1. The molecule has 20 atom stereocenters. The fraction of sp³-hybridized carbons (Fsp3) is 1.00. The van der Waals surface area contributed by atoms with Gasteiger partial charge in [0.1, 0.15) is 36.6 Å². The van der Waals surface area contributed by atoms with E-state index in [4.69, 9.17) is 18.9 Å². The van der Waals surface area contributed by atoms with Gasteiger partial charge in [-0.2, -0.15) is 0 Å². The maximum atomic E-state index is 12.8. The van der Waals surface area contributed by atoms with Crippen LogP contribution in [0.3, 0.4) is 0 Å². The van der Waals surface area contributed by atoms with E-state index in [0.29, 0.717) is 32.1 Å². The lowest BCUT2D eigenvalue weighted by atomic mass is 9.42. The summed E-state index contributed by atoms with van der Waals surface area (Å²) in [6, 6.07) is 0. The van der Waals surface area contributed by atoms with Crippen molar-refractivity contribution in [2.75, 3.05) is 13.2 Å². The molecule has 0 aromatic rings. The van der Waals surface area contributed by atoms with E-state index in [9.17, 15) is 46.0 Å². The first-order chi connectivity index (χ1) is 23.4. The van der Waals surface area contributed by atoms with Crippen molar-refractivity contribution in [2.24, 2.45) is 46.3 Å². The summed E-state index contributed by atoms with van der Waals surface area (Å²) in [5.41, 5.74) is -1.98. The quantitative estimate of drug-likeness (QED) is 0.148. The van der Waals surface area contributed by atoms with Gasteiger partial charge in [-0.05, 0) is 91.8 Å². The van der Waals surface area contributed by atoms with Crippen LogP contribution >= 0.6 is 0 Å². The lowest BCUT2D eigenvalue weighted by molar-refractivity contribution is -0.300. The lowest BCUT2D eigenvalue weighted by Crippen LogP contribution is -2.68. The Morgan fingerprint density at radius 1 is 0.700 bits per heavy atom. The summed E-state index contributed by atoms with van der Waals surface area (Å²) in [4.78, 5) is 0. The Bertz CT molecular complexity index is 1160. The monoisotopic (exact) mass is 716 g/mol. The highest BCUT2D eigenvalue weighted by Gasteiger charge is 2.71. The van der Waals surface area contributed by atoms with Gasteiger partial charge in [-0.3, -0.25) is 0 Å². The molecule has 4 saturated carbocycles. The number of hydrogen-bond acceptors (Lipinski definition) is 13. The van der Waals surface area contributed by atoms with Gasteiger partial charge >= 0.3 is 0 Å². The van der Waals surface area contributed by atoms with Crippen LogP contribution in [-0.2, 0) is 18.9 Å². The summed E-state index contributed by atoms with van der Waals surface area (Å²) in [5.74, 6) is -0.240. The number of aliphatic hydroxyl groups is 9. The Morgan fingerprint density at radius 3 is 1.94 bits per heavy atom. The molecule has 0 spiro atoms. The summed E-state index contributed by atoms with van der Waals surface area (Å²) in [7, 11) is 0. The van der Waals surface area contributed by atoms with Crippen LogP contribution in [0, 0.1) is 46.3 Å². The average Bonchev–Trinajstić information content (AvgIpc) is 3.34. The number of aliphatic hydroxyl groups excluding tert-OH is 8. The van der Waals surface area contributed by atoms with E-state index in [1.807, 2.05) is 13.8 Å². The molecule has 4 aliphatic carbocycles. The smallest absolute Gasteiger partial charge is 0.186 e. The third-order valence-corrected chi connectivity index (χ3v) is 14.6. The predicted octanol–water partition coefficient (Wildman–Crippen LogP) is 0.423. The molecule has 0 radical (unpaired) electrons. The van der Waals surface area contributed by atoms with E-state index < -0.39 is 78.3 Å². The third kappa shape index (κ3) is 6.73. The van der Waals surface area contributed by atoms with Gasteiger partial charge in [0.05, 0.1) is 43.2 Å². The Hall–Kier alpha value is -0.520. The predicted molar refractivity (Wildman–Crippen MR) is 178 cm³/mol. The summed E-state index contributed by atoms with van der Waals surface area (Å²) in [6.07, 6.45) is -6.33. The van der Waals surface area contributed by atoms with Crippen molar-refractivity contribution in [3.8, 4) is 0 Å². The van der Waals surface area contributed by atoms with Crippen LogP contribution in [0.1, 0.15) is 92.4 Å². The molecule has 0 unspecified atom stereocenters. The van der Waals surface area contributed by atoms with Gasteiger partial charge in [0.2, 0.25) is 0 Å². The second kappa shape index (κ2) is 14.6. The molecule has 0 aromatic carbocycles. The van der Waals surface area contributed by atoms with Crippen molar-refractivity contribution in [1.29, 1.82) is 0 Å². The van der Waals surface area contributed by atoms with E-state index in [-0.39, 0.29) is 66.8 Å². The largest absolute Gasteiger partial charge is 0.393 e. The zero-order valence-corrected chi connectivity index (χ0v) is 30.3. The summed E-state index contributed by atoms with van der Waals surface area (Å²) in [5, 5.41) is 97.1. The summed E-state index contributed by atoms with van der Waals surface area (Å²) >= 11 is 0. The first kappa shape index (κ1) is 39.2. The molecular weight excluding hydrogens is 652 g/mol. The number of rotatable bonds is 9. The Morgan fingerprint density at radius 2 is 1.30 bits per heavy atom. The normalized spacial score (nSPS) is 53.7. The summed E-state index contributed by atoms with van der Waals surface area (Å²) < 4.78 is 23.3. The number of hydrogen-bond donors (Lipinski definition) is 9. The van der Waals surface area contributed by atoms with Gasteiger partial charge in [-0.1, -0.05) is 34.6 Å². The van der Waals surface area contributed by atoms with Gasteiger partial charge in [-0.15, -0.1) is 0 Å². The molecule has 0 amide bonds. The first-order valence-corrected chi connectivity index (χ1v) is 19.1. The topological polar surface area (TPSA) is 219 Å². The zero-order chi connectivity index (χ0) is 36.5. The second-order valence-corrected chi connectivity index (χ2v) is 17.9. The van der Waals surface area contributed by atoms with Crippen LogP contribution in [-0.4, -0.2) is 138 Å². The number of fused-ring (bicyclic) bond motifs is 5. The molecule has 50 heavy (non-hydrogen) atoms. The van der Waals surface area contributed by atoms with Crippen molar-refractivity contribution >= 4 is 0 Å². The second-order valence-electron chi connectivity index (χ2n) is 17.9. The molecule has 290 valence electrons. The van der Waals surface area contributed by atoms with Crippen molar-refractivity contribution in [2.45, 2.75) is 172 Å². The van der Waals surface area contributed by atoms with E-state index in [2.05, 4.69) is 20.8 Å². The minimum Gasteiger partial charge on any atom is -0.393 e. The average molecular weight is 717 g/mol. The molecule has 2 aliphatic heterocycles. The minimum absolute atomic E-state index is 0.105. The first-order valence-electron chi connectivity index (χ1n) is 19.1. The molecule has 2 saturated heterocycles. The molecule has 2 heterocycles. The van der Waals surface area contributed by atoms with Crippen molar-refractivity contribution < 1.29 is 64.9 Å². The van der Waals surface area contributed by atoms with E-state index >= 15 is 0 Å². The van der Waals surface area contributed by atoms with Crippen LogP contribution in [0.5, 0.6) is 0 Å². The van der Waals surface area contributed by atoms with Crippen molar-refractivity contribution in [3.05, 3.63) is 0 Å². The highest BCUT2D eigenvalue weighted by atomic mass is 16.7. The maximum absolute atomic E-state index is 12.8. The molecular formula is C37H64O13. The molecule has 0 bridgehead atoms. The lowest BCUT2D eigenvalue weighted by Gasteiger charge is -2.66. The van der Waals surface area contributed by atoms with Gasteiger partial charge in [0.15, 0.2) is 12.6 Å². The van der Waals surface area contributed by atoms with Crippen molar-refractivity contribution in [3.63, 3.8) is 0 Å². The van der Waals surface area contributed by atoms with E-state index in [1.165, 1.54) is 0 Å². The maximum Gasteiger partial charge on any atom is 0.186 e. The van der Waals surface area contributed by atoms with Gasteiger partial charge in [0, 0.05) is 12.3 Å². The SMILES string of the molecule is CC(C)[C@H](CC[C@@H](C)[C@H]1C[C@H](O)[C@@H]2[C@]1(C)CC[C@@H]1[C@@]3(C)CC[C@H](O[C@@H]4OC[C@@H](O)[C@H](O)[C@H]4O)C[C@@H]3[C@H](O)C[C@]12O)O[C@H]1OC[C@@H](O)[C@@H](O)[C@H]1O. The van der Waals surface area contributed by atoms with Crippen molar-refractivity contribution in [1.82, 2.24) is 0 Å². The van der Waals surface area contributed by atoms with Crippen LogP contribution in [0.4, 0.5) is 0 Å². The van der Waals surface area contributed by atoms with Gasteiger partial charge in [-0.25, -0.2) is 0 Å². The van der Waals surface area contributed by atoms with Crippen LogP contribution in [0.2, 0.25) is 0 Å². The minimum atomic E-state index is -1.38. The number of ether oxygens (including phenoxy) is 4.